The third-order valence-corrected chi connectivity index (χ3v) is 9.58. The van der Waals surface area contributed by atoms with E-state index in [1.807, 2.05) is 6.07 Å². The highest BCUT2D eigenvalue weighted by Crippen LogP contribution is 2.54. The molecule has 1 amide bonds. The molecule has 4 aliphatic carbocycles. The van der Waals surface area contributed by atoms with Crippen molar-refractivity contribution in [2.75, 3.05) is 33.7 Å². The van der Waals surface area contributed by atoms with E-state index in [4.69, 9.17) is 5.73 Å². The predicted molar refractivity (Wildman–Crippen MR) is 146 cm³/mol. The molecule has 5 aliphatic rings. The minimum absolute atomic E-state index is 0.00428. The average Bonchev–Trinajstić information content (AvgIpc) is 3.67. The maximum atomic E-state index is 13.9. The van der Waals surface area contributed by atoms with Gasteiger partial charge >= 0.3 is 0 Å². The zero-order valence-corrected chi connectivity index (χ0v) is 22.8. The number of phenols is 1. The molecule has 1 aromatic carbocycles. The van der Waals surface area contributed by atoms with E-state index in [0.29, 0.717) is 6.42 Å². The summed E-state index contributed by atoms with van der Waals surface area (Å²) in [5.74, 6) is -7.96. The molecule has 2 unspecified atom stereocenters. The molecular formula is C30H37N3O7. The summed E-state index contributed by atoms with van der Waals surface area (Å²) < 4.78 is 0. The summed E-state index contributed by atoms with van der Waals surface area (Å²) in [6.45, 7) is 2.87. The number of aliphatic hydroxyl groups is 4. The Balaban J connectivity index is 1.42. The van der Waals surface area contributed by atoms with Crippen LogP contribution in [0.3, 0.4) is 0 Å². The summed E-state index contributed by atoms with van der Waals surface area (Å²) in [4.78, 5) is 30.2. The Labute approximate surface area is 232 Å². The van der Waals surface area contributed by atoms with Gasteiger partial charge in [0, 0.05) is 25.2 Å². The summed E-state index contributed by atoms with van der Waals surface area (Å²) in [6.07, 6.45) is 6.22. The molecule has 7 N–H and O–H groups in total. The van der Waals surface area contributed by atoms with Crippen molar-refractivity contribution in [3.05, 3.63) is 57.6 Å². The first-order chi connectivity index (χ1) is 18.9. The van der Waals surface area contributed by atoms with Gasteiger partial charge in [-0.3, -0.25) is 19.4 Å². The molecule has 40 heavy (non-hydrogen) atoms. The summed E-state index contributed by atoms with van der Waals surface area (Å²) in [7, 11) is 3.35. The number of likely N-dealkylation sites (N-methyl/N-ethyl adjacent to an activating group) is 1. The molecule has 0 radical (unpaired) electrons. The van der Waals surface area contributed by atoms with Crippen LogP contribution in [0.1, 0.15) is 47.2 Å². The standard InChI is InChI=1S/C30H37N3O7/c1-32(2)25-19-12-16-11-18-17(15-7-9-33(10-8-15)13-14-3-4-14)5-6-20(34)22(18)26(35)21(16)27(36)23(19)30(39,40)24(28(25)37)29(31)38/h5-7,14,16,19,23,25,34,36-37,39-40H,3-4,8-13H2,1-2H3,(H2,31,38)/t16?,19-,23?,25+/m1/s1. The third kappa shape index (κ3) is 4.08. The largest absolute Gasteiger partial charge is 0.511 e. The molecule has 6 rings (SSSR count). The molecule has 4 atom stereocenters. The monoisotopic (exact) mass is 551 g/mol. The van der Waals surface area contributed by atoms with Crippen LogP contribution in [-0.2, 0) is 11.2 Å². The van der Waals surface area contributed by atoms with Crippen molar-refractivity contribution in [1.82, 2.24) is 9.80 Å². The number of primary amides is 1. The van der Waals surface area contributed by atoms with E-state index >= 15 is 0 Å². The van der Waals surface area contributed by atoms with Crippen molar-refractivity contribution in [3.8, 4) is 5.75 Å². The second-order valence-electron chi connectivity index (χ2n) is 12.3. The SMILES string of the molecule is CN(C)[C@@H]1C(O)=C(C(N)=O)C(O)(O)C2C(O)=C3C(=O)c4c(O)ccc(C5=CCN(CC6CC6)CC5)c4CC3C[C@H]21. The van der Waals surface area contributed by atoms with E-state index in [0.717, 1.165) is 48.7 Å². The normalized spacial score (nSPS) is 30.1. The second kappa shape index (κ2) is 9.44. The first kappa shape index (κ1) is 27.0. The van der Waals surface area contributed by atoms with Gasteiger partial charge in [-0.15, -0.1) is 0 Å². The van der Waals surface area contributed by atoms with Crippen LogP contribution in [0.5, 0.6) is 5.75 Å². The fourth-order valence-corrected chi connectivity index (χ4v) is 7.65. The fraction of sp³-hybridized carbons (Fsp3) is 0.533. The van der Waals surface area contributed by atoms with E-state index in [1.54, 1.807) is 19.0 Å². The van der Waals surface area contributed by atoms with Crippen molar-refractivity contribution in [1.29, 1.82) is 0 Å². The molecule has 0 aromatic heterocycles. The lowest BCUT2D eigenvalue weighted by Crippen LogP contribution is -2.60. The highest BCUT2D eigenvalue weighted by Gasteiger charge is 2.60. The maximum Gasteiger partial charge on any atom is 0.253 e. The Kier molecular flexibility index (Phi) is 6.38. The second-order valence-corrected chi connectivity index (χ2v) is 12.3. The average molecular weight is 552 g/mol. The molecule has 1 fully saturated rings. The number of carbonyl (C=O) groups is 2. The van der Waals surface area contributed by atoms with Crippen LogP contribution >= 0.6 is 0 Å². The number of allylic oxidation sites excluding steroid dienone is 1. The van der Waals surface area contributed by atoms with E-state index in [9.17, 15) is 35.1 Å². The van der Waals surface area contributed by atoms with Gasteiger partial charge in [0.05, 0.1) is 17.5 Å². The van der Waals surface area contributed by atoms with Crippen molar-refractivity contribution in [2.45, 2.75) is 43.9 Å². The van der Waals surface area contributed by atoms with Crippen molar-refractivity contribution < 1.29 is 35.1 Å². The van der Waals surface area contributed by atoms with Crippen LogP contribution in [0, 0.1) is 23.7 Å². The minimum atomic E-state index is -2.99. The summed E-state index contributed by atoms with van der Waals surface area (Å²) in [6, 6.07) is 2.51. The van der Waals surface area contributed by atoms with Crippen LogP contribution in [0.4, 0.5) is 0 Å². The zero-order valence-electron chi connectivity index (χ0n) is 22.8. The number of benzene rings is 1. The number of fused-ring (bicyclic) bond motifs is 3. The number of phenolic OH excluding ortho intramolecular Hbond substituents is 1. The molecule has 214 valence electrons. The molecule has 10 heteroatoms. The minimum Gasteiger partial charge on any atom is -0.511 e. The van der Waals surface area contributed by atoms with Crippen LogP contribution < -0.4 is 5.73 Å². The zero-order chi connectivity index (χ0) is 28.7. The molecule has 1 aromatic rings. The lowest BCUT2D eigenvalue weighted by molar-refractivity contribution is -0.200. The van der Waals surface area contributed by atoms with Crippen molar-refractivity contribution in [2.24, 2.45) is 29.4 Å². The molecule has 0 saturated heterocycles. The van der Waals surface area contributed by atoms with Gasteiger partial charge in [0.2, 0.25) is 5.79 Å². The number of carbonyl (C=O) groups excluding carboxylic acids is 2. The number of nitrogens with zero attached hydrogens (tertiary/aromatic N) is 2. The van der Waals surface area contributed by atoms with Crippen molar-refractivity contribution >= 4 is 17.3 Å². The van der Waals surface area contributed by atoms with Gasteiger partial charge in [0.1, 0.15) is 22.8 Å². The van der Waals surface area contributed by atoms with E-state index < -0.39 is 58.4 Å². The maximum absolute atomic E-state index is 13.9. The Bertz CT molecular complexity index is 1390. The summed E-state index contributed by atoms with van der Waals surface area (Å²) in [5.41, 5.74) is 7.51. The van der Waals surface area contributed by atoms with Crippen molar-refractivity contribution in [3.63, 3.8) is 0 Å². The molecule has 1 heterocycles. The lowest BCUT2D eigenvalue weighted by Gasteiger charge is -2.51. The number of rotatable bonds is 5. The number of aliphatic hydroxyl groups excluding tert-OH is 2. The molecule has 0 spiro atoms. The van der Waals surface area contributed by atoms with Crippen LogP contribution in [-0.4, -0.2) is 92.6 Å². The van der Waals surface area contributed by atoms with Crippen LogP contribution in [0.15, 0.2) is 40.9 Å². The van der Waals surface area contributed by atoms with Gasteiger partial charge in [-0.25, -0.2) is 0 Å². The first-order valence-electron chi connectivity index (χ1n) is 14.0. The number of ketones is 1. The number of amides is 1. The van der Waals surface area contributed by atoms with Gasteiger partial charge in [-0.1, -0.05) is 12.1 Å². The Morgan fingerprint density at radius 3 is 2.48 bits per heavy atom. The quantitative estimate of drug-likeness (QED) is 0.298. The van der Waals surface area contributed by atoms with Crippen LogP contribution in [0.25, 0.3) is 5.57 Å². The number of hydrogen-bond acceptors (Lipinski definition) is 9. The highest BCUT2D eigenvalue weighted by molar-refractivity contribution is 6.14. The van der Waals surface area contributed by atoms with Crippen LogP contribution in [0.2, 0.25) is 0 Å². The topological polar surface area (TPSA) is 168 Å². The Hall–Kier alpha value is -3.18. The summed E-state index contributed by atoms with van der Waals surface area (Å²) in [5, 5.41) is 55.5. The van der Waals surface area contributed by atoms with Gasteiger partial charge in [0.15, 0.2) is 5.78 Å². The van der Waals surface area contributed by atoms with E-state index in [-0.39, 0.29) is 23.3 Å². The number of aromatic hydroxyl groups is 1. The van der Waals surface area contributed by atoms with Gasteiger partial charge < -0.3 is 31.3 Å². The van der Waals surface area contributed by atoms with E-state index in [2.05, 4.69) is 11.0 Å². The molecule has 1 saturated carbocycles. The molecule has 0 bridgehead atoms. The smallest absolute Gasteiger partial charge is 0.253 e. The van der Waals surface area contributed by atoms with E-state index in [1.165, 1.54) is 18.9 Å². The lowest BCUT2D eigenvalue weighted by atomic mass is 9.59. The molecule has 10 nitrogen and oxygen atoms in total. The molecule has 1 aliphatic heterocycles. The predicted octanol–water partition coefficient (Wildman–Crippen LogP) is 1.62. The number of hydrogen-bond donors (Lipinski definition) is 6. The van der Waals surface area contributed by atoms with Gasteiger partial charge in [0.25, 0.3) is 5.91 Å². The Morgan fingerprint density at radius 1 is 1.15 bits per heavy atom. The Morgan fingerprint density at radius 2 is 1.88 bits per heavy atom. The van der Waals surface area contributed by atoms with Gasteiger partial charge in [-0.05, 0) is 86.7 Å². The molecular weight excluding hydrogens is 514 g/mol. The number of nitrogens with two attached hydrogens (primary N) is 1. The number of Topliss-reactive ketones (excluding diaryl/α,β-unsaturated/α-hetero) is 1. The fourth-order valence-electron chi connectivity index (χ4n) is 7.65. The van der Waals surface area contributed by atoms with Gasteiger partial charge in [-0.2, -0.15) is 0 Å². The third-order valence-electron chi connectivity index (χ3n) is 9.58. The summed E-state index contributed by atoms with van der Waals surface area (Å²) >= 11 is 0. The highest BCUT2D eigenvalue weighted by atomic mass is 16.5. The first-order valence-corrected chi connectivity index (χ1v) is 14.0.